The molecular weight excluding hydrogens is 1510 g/mol. The second kappa shape index (κ2) is 56.5. The minimum atomic E-state index is -1.84. The van der Waals surface area contributed by atoms with E-state index in [2.05, 4.69) is 86.7 Å². The first-order chi connectivity index (χ1) is 52.6. The van der Waals surface area contributed by atoms with Crippen molar-refractivity contribution in [2.24, 2.45) is 62.9 Å². The number of amides is 14. The maximum absolute atomic E-state index is 14.6. The first kappa shape index (κ1) is 103. The van der Waals surface area contributed by atoms with Gasteiger partial charge >= 0.3 is 11.9 Å². The summed E-state index contributed by atoms with van der Waals surface area (Å²) < 4.78 is 0. The van der Waals surface area contributed by atoms with Crippen molar-refractivity contribution in [1.82, 2.24) is 69.1 Å². The number of nitrogens with two attached hydrogens (primary N) is 7. The molecular formula is C69H127N21O20S2. The van der Waals surface area contributed by atoms with Gasteiger partial charge < -0.3 is 130 Å². The van der Waals surface area contributed by atoms with Gasteiger partial charge in [-0.3, -0.25) is 76.9 Å². The van der Waals surface area contributed by atoms with Crippen LogP contribution in [0, 0.1) is 17.8 Å². The number of carboxylic acid groups (broad SMARTS) is 2. The van der Waals surface area contributed by atoms with E-state index in [-0.39, 0.29) is 126 Å². The van der Waals surface area contributed by atoms with Gasteiger partial charge in [-0.2, -0.15) is 24.4 Å². The number of unbranched alkanes of at least 4 members (excludes halogenated alkanes) is 3. The molecule has 31 N–H and O–H groups in total. The van der Waals surface area contributed by atoms with Crippen LogP contribution in [0.15, 0.2) is 4.99 Å². The number of nitrogens with one attached hydrogen (secondary N) is 13. The van der Waals surface area contributed by atoms with Crippen LogP contribution in [0.1, 0.15) is 171 Å². The molecule has 112 heavy (non-hydrogen) atoms. The molecule has 43 heteroatoms. The van der Waals surface area contributed by atoms with Crippen LogP contribution in [0.4, 0.5) is 0 Å². The summed E-state index contributed by atoms with van der Waals surface area (Å²) in [6.07, 6.45) is -1.82. The summed E-state index contributed by atoms with van der Waals surface area (Å²) in [5.74, 6) is -17.6. The Labute approximate surface area is 663 Å². The average Bonchev–Trinajstić information content (AvgIpc) is 0.860. The highest BCUT2D eigenvalue weighted by molar-refractivity contribution is 7.98. The summed E-state index contributed by atoms with van der Waals surface area (Å²) in [6.45, 7) is 11.9. The van der Waals surface area contributed by atoms with Gasteiger partial charge in [0.25, 0.3) is 0 Å². The number of aliphatic hydroxyl groups excluding tert-OH is 2. The molecule has 41 nitrogen and oxygen atoms in total. The maximum Gasteiger partial charge on any atom is 0.326 e. The van der Waals surface area contributed by atoms with E-state index < -0.39 is 211 Å². The molecule has 15 atom stereocenters. The number of hydrogen-bond acceptors (Lipinski definition) is 25. The van der Waals surface area contributed by atoms with Crippen LogP contribution in [0.2, 0.25) is 0 Å². The van der Waals surface area contributed by atoms with Crippen LogP contribution in [-0.2, 0) is 76.7 Å². The number of rotatable bonds is 60. The number of carboxylic acids is 2. The van der Waals surface area contributed by atoms with Gasteiger partial charge in [0.15, 0.2) is 5.96 Å². The summed E-state index contributed by atoms with van der Waals surface area (Å²) in [5.41, 5.74) is 39.2. The monoisotopic (exact) mass is 1630 g/mol. The molecule has 0 aromatic heterocycles. The minimum absolute atomic E-state index is 0.00301. The average molecular weight is 1640 g/mol. The number of hydrogen-bond donors (Lipinski definition) is 25. The van der Waals surface area contributed by atoms with Crippen molar-refractivity contribution in [2.45, 2.75) is 262 Å². The van der Waals surface area contributed by atoms with Crippen molar-refractivity contribution >= 4 is 125 Å². The van der Waals surface area contributed by atoms with E-state index in [1.165, 1.54) is 25.6 Å². The van der Waals surface area contributed by atoms with Crippen molar-refractivity contribution in [1.29, 1.82) is 0 Å². The zero-order chi connectivity index (χ0) is 85.5. The lowest BCUT2D eigenvalue weighted by atomic mass is 9.99. The Morgan fingerprint density at radius 1 is 0.402 bits per heavy atom. The summed E-state index contributed by atoms with van der Waals surface area (Å²) in [6, 6.07) is -19.3. The number of carbonyl (C=O) groups is 16. The molecule has 0 aliphatic rings. The van der Waals surface area contributed by atoms with Gasteiger partial charge in [0, 0.05) is 25.1 Å². The summed E-state index contributed by atoms with van der Waals surface area (Å²) in [4.78, 5) is 221. The van der Waals surface area contributed by atoms with Gasteiger partial charge in [-0.05, 0) is 166 Å². The molecule has 0 fully saturated rings. The molecule has 0 heterocycles. The number of aliphatic imine (C=N–C) groups is 1. The van der Waals surface area contributed by atoms with Gasteiger partial charge in [-0.15, -0.1) is 0 Å². The van der Waals surface area contributed by atoms with Gasteiger partial charge in [0.1, 0.15) is 72.5 Å². The molecule has 0 unspecified atom stereocenters. The van der Waals surface area contributed by atoms with Crippen LogP contribution in [0.25, 0.3) is 0 Å². The van der Waals surface area contributed by atoms with E-state index >= 15 is 0 Å². The standard InChI is InChI=1S/C69H127N21O20S2/c1-35(2)31-48(87-64(105)49(32-36(3)4)86-59(100)44(21-23-50(74)93)79-56(97)40(73)34-111)63(104)82-46(25-30-112-9)60(101)80-43(20-16-29-77-69(75)76)57(98)81-45(22-24-52(95)96)62(103)89-53(37(5)6)66(107)83-42(18-11-14-27-71)61(102)90-54(38(7)91)65(106)78-33-51(94)88-55(39(8)92)67(108)84-41(17-10-13-26-70)58(99)85-47(68(109)110)19-12-15-28-72/h35-49,53-55,91-92,111H,10-34,70-73H2,1-9H3,(H2,74,93)(H,78,106)(H,79,97)(H,80,101)(H,81,98)(H,82,104)(H,83,107)(H,84,108)(H,85,99)(H,86,100)(H,87,105)(H,88,94)(H,89,103)(H,90,102)(H,95,96)(H,109,110)(H4,75,76,77)/t38-,39-,40+,41+,42+,43+,44+,45+,46+,47+,48+,49+,53+,54+,55+/m1/s1. The van der Waals surface area contributed by atoms with Gasteiger partial charge in [0.05, 0.1) is 24.8 Å². The SMILES string of the molecule is CSCC[C@H](NC(=O)[C@H](CC(C)C)NC(=O)[C@H](CC(C)C)NC(=O)[C@H](CCC(N)=O)NC(=O)[C@@H](N)CS)C(=O)N[C@@H](CCCN=C(N)N)C(=O)N[C@@H](CCC(=O)O)C(=O)N[C@H](C(=O)N[C@@H](CCCCN)C(=O)N[C@H](C(=O)NCC(=O)N[C@H](C(=O)N[C@@H](CCCCN)C(=O)N[C@@H](CCCCN)C(=O)O)[C@@H](C)O)[C@@H](C)O)C(C)C. The first-order valence-corrected chi connectivity index (χ1v) is 39.6. The summed E-state index contributed by atoms with van der Waals surface area (Å²) in [7, 11) is 0. The highest BCUT2D eigenvalue weighted by Crippen LogP contribution is 2.16. The number of aliphatic hydroxyl groups is 2. The van der Waals surface area contributed by atoms with E-state index in [0.29, 0.717) is 32.1 Å². The number of thioether (sulfide) groups is 1. The highest BCUT2D eigenvalue weighted by atomic mass is 32.2. The largest absolute Gasteiger partial charge is 0.481 e. The second-order valence-electron chi connectivity index (χ2n) is 28.4. The highest BCUT2D eigenvalue weighted by Gasteiger charge is 2.39. The van der Waals surface area contributed by atoms with Gasteiger partial charge in [-0.1, -0.05) is 41.5 Å². The fourth-order valence-corrected chi connectivity index (χ4v) is 11.6. The first-order valence-electron chi connectivity index (χ1n) is 37.6. The molecule has 0 aromatic rings. The number of guanidine groups is 1. The third-order valence-corrected chi connectivity index (χ3v) is 18.2. The molecule has 0 rings (SSSR count). The third-order valence-electron chi connectivity index (χ3n) is 17.2. The van der Waals surface area contributed by atoms with Crippen molar-refractivity contribution in [3.63, 3.8) is 0 Å². The topological polar surface area (TPSA) is 705 Å². The lowest BCUT2D eigenvalue weighted by Crippen LogP contribution is -2.62. The molecule has 640 valence electrons. The molecule has 0 aliphatic heterocycles. The number of primary amides is 1. The molecule has 0 spiro atoms. The Balaban J connectivity index is 7.06. The Morgan fingerprint density at radius 2 is 0.741 bits per heavy atom. The molecule has 0 aliphatic carbocycles. The number of aliphatic carboxylic acids is 2. The van der Waals surface area contributed by atoms with Crippen molar-refractivity contribution < 1.29 is 97.1 Å². The third kappa shape index (κ3) is 42.8. The number of carbonyl (C=O) groups excluding carboxylic acids is 14. The van der Waals surface area contributed by atoms with E-state index in [4.69, 9.17) is 40.1 Å². The van der Waals surface area contributed by atoms with Crippen molar-refractivity contribution in [3.05, 3.63) is 0 Å². The summed E-state index contributed by atoms with van der Waals surface area (Å²) in [5, 5.41) is 73.3. The molecule has 0 saturated heterocycles. The van der Waals surface area contributed by atoms with Gasteiger partial charge in [0.2, 0.25) is 82.7 Å². The second-order valence-corrected chi connectivity index (χ2v) is 29.8. The molecule has 0 saturated carbocycles. The quantitative estimate of drug-likeness (QED) is 0.0116. The lowest BCUT2D eigenvalue weighted by molar-refractivity contribution is -0.142. The lowest BCUT2D eigenvalue weighted by Gasteiger charge is -2.29. The zero-order valence-corrected chi connectivity index (χ0v) is 67.4. The zero-order valence-electron chi connectivity index (χ0n) is 65.7. The van der Waals surface area contributed by atoms with Crippen LogP contribution in [0.3, 0.4) is 0 Å². The molecule has 0 bridgehead atoms. The Bertz CT molecular complexity index is 3080. The normalized spacial score (nSPS) is 15.3. The molecule has 0 aromatic carbocycles. The van der Waals surface area contributed by atoms with Crippen LogP contribution in [-0.4, -0.2) is 262 Å². The predicted octanol–water partition coefficient (Wildman–Crippen LogP) is -6.90. The molecule has 0 radical (unpaired) electrons. The molecule has 14 amide bonds. The van der Waals surface area contributed by atoms with E-state index in [1.54, 1.807) is 34.0 Å². The fraction of sp³-hybridized carbons (Fsp3) is 0.754. The fourth-order valence-electron chi connectivity index (χ4n) is 10.9. The van der Waals surface area contributed by atoms with Crippen molar-refractivity contribution in [3.8, 4) is 0 Å². The Morgan fingerprint density at radius 3 is 1.12 bits per heavy atom. The number of thiol groups is 1. The smallest absolute Gasteiger partial charge is 0.326 e. The van der Waals surface area contributed by atoms with Gasteiger partial charge in [-0.25, -0.2) is 4.79 Å². The summed E-state index contributed by atoms with van der Waals surface area (Å²) >= 11 is 5.32. The van der Waals surface area contributed by atoms with Crippen LogP contribution >= 0.6 is 24.4 Å². The predicted molar refractivity (Wildman–Crippen MR) is 420 cm³/mol. The Hall–Kier alpha value is -8.75. The van der Waals surface area contributed by atoms with Crippen LogP contribution in [0.5, 0.6) is 0 Å². The van der Waals surface area contributed by atoms with Crippen molar-refractivity contribution in [2.75, 3.05) is 50.5 Å². The van der Waals surface area contributed by atoms with Crippen LogP contribution < -0.4 is 109 Å². The van der Waals surface area contributed by atoms with E-state index in [9.17, 15) is 97.1 Å². The van der Waals surface area contributed by atoms with E-state index in [1.807, 2.05) is 0 Å². The maximum atomic E-state index is 14.6. The Kier molecular flexibility index (Phi) is 52.1. The van der Waals surface area contributed by atoms with E-state index in [0.717, 1.165) is 13.8 Å². The minimum Gasteiger partial charge on any atom is -0.481 e. The number of nitrogens with zero attached hydrogens (tertiary/aromatic N) is 1.